The van der Waals surface area contributed by atoms with Crippen LogP contribution < -0.4 is 5.73 Å². The lowest BCUT2D eigenvalue weighted by Crippen LogP contribution is -2.46. The van der Waals surface area contributed by atoms with E-state index in [1.54, 1.807) is 11.8 Å². The average Bonchev–Trinajstić information content (AvgIpc) is 3.30. The summed E-state index contributed by atoms with van der Waals surface area (Å²) in [6.45, 7) is 3.18. The highest BCUT2D eigenvalue weighted by Gasteiger charge is 2.42. The lowest BCUT2D eigenvalue weighted by molar-refractivity contribution is -0.131. The Bertz CT molecular complexity index is 586. The molecule has 0 bridgehead atoms. The van der Waals surface area contributed by atoms with Gasteiger partial charge in [0.2, 0.25) is 5.91 Å². The fraction of sp³-hybridized carbons (Fsp3) is 0.556. The molecule has 2 atom stereocenters. The van der Waals surface area contributed by atoms with Crippen molar-refractivity contribution in [2.24, 2.45) is 5.73 Å². The first kappa shape index (κ1) is 16.8. The van der Waals surface area contributed by atoms with Crippen LogP contribution in [0.25, 0.3) is 0 Å². The normalized spacial score (nSPS) is 21.4. The van der Waals surface area contributed by atoms with Crippen LogP contribution in [0.1, 0.15) is 31.7 Å². The van der Waals surface area contributed by atoms with Crippen LogP contribution >= 0.6 is 0 Å². The van der Waals surface area contributed by atoms with Gasteiger partial charge in [0.05, 0.1) is 12.1 Å². The van der Waals surface area contributed by atoms with Crippen LogP contribution in [0.3, 0.4) is 0 Å². The van der Waals surface area contributed by atoms with Gasteiger partial charge in [0.1, 0.15) is 6.61 Å². The van der Waals surface area contributed by atoms with E-state index in [4.69, 9.17) is 10.5 Å². The first-order chi connectivity index (χ1) is 11.6. The number of nitrogens with zero attached hydrogens (tertiary/aromatic N) is 2. The molecule has 6 heteroatoms. The first-order valence-electron chi connectivity index (χ1n) is 8.59. The summed E-state index contributed by atoms with van der Waals surface area (Å²) >= 11 is 0. The monoisotopic (exact) mass is 331 g/mol. The van der Waals surface area contributed by atoms with Gasteiger partial charge < -0.3 is 20.3 Å². The molecule has 1 aliphatic carbocycles. The van der Waals surface area contributed by atoms with E-state index < -0.39 is 6.04 Å². The van der Waals surface area contributed by atoms with Crippen LogP contribution in [0.15, 0.2) is 30.3 Å². The van der Waals surface area contributed by atoms with Crippen molar-refractivity contribution < 1.29 is 14.3 Å². The summed E-state index contributed by atoms with van der Waals surface area (Å²) in [4.78, 5) is 28.2. The Morgan fingerprint density at radius 2 is 1.96 bits per heavy atom. The number of benzene rings is 1. The fourth-order valence-corrected chi connectivity index (χ4v) is 3.20. The molecule has 1 heterocycles. The third kappa shape index (κ3) is 3.87. The topological polar surface area (TPSA) is 75.9 Å². The average molecular weight is 331 g/mol. The van der Waals surface area contributed by atoms with Gasteiger partial charge in [-0.3, -0.25) is 4.79 Å². The zero-order valence-electron chi connectivity index (χ0n) is 14.1. The molecule has 2 N–H and O–H groups in total. The zero-order valence-corrected chi connectivity index (χ0v) is 14.1. The van der Waals surface area contributed by atoms with Crippen molar-refractivity contribution in [3.8, 4) is 0 Å². The molecule has 2 amide bonds. The van der Waals surface area contributed by atoms with Gasteiger partial charge in [-0.2, -0.15) is 0 Å². The number of hydrogen-bond acceptors (Lipinski definition) is 4. The fourth-order valence-electron chi connectivity index (χ4n) is 3.20. The molecule has 2 fully saturated rings. The molecule has 1 unspecified atom stereocenters. The van der Waals surface area contributed by atoms with Gasteiger partial charge in [0.25, 0.3) is 0 Å². The summed E-state index contributed by atoms with van der Waals surface area (Å²) in [6, 6.07) is 9.45. The molecule has 0 spiro atoms. The highest BCUT2D eigenvalue weighted by atomic mass is 16.6. The lowest BCUT2D eigenvalue weighted by atomic mass is 10.2. The van der Waals surface area contributed by atoms with Gasteiger partial charge >= 0.3 is 6.09 Å². The maximum Gasteiger partial charge on any atom is 0.410 e. The standard InChI is InChI=1S/C18H25N3O3/c1-13(19)17(22)20-10-9-16(11-20)21(15-7-8-15)18(23)24-12-14-5-3-2-4-6-14/h2-6,13,15-16H,7-12,19H2,1H3/t13-,16?/m0/s1. The number of likely N-dealkylation sites (tertiary alicyclic amines) is 1. The second kappa shape index (κ2) is 7.21. The van der Waals surface area contributed by atoms with E-state index in [-0.39, 0.29) is 30.7 Å². The molecule has 1 saturated carbocycles. The Hall–Kier alpha value is -2.08. The molecule has 6 nitrogen and oxygen atoms in total. The number of carbonyl (C=O) groups excluding carboxylic acids is 2. The van der Waals surface area contributed by atoms with Gasteiger partial charge in [0, 0.05) is 19.1 Å². The Balaban J connectivity index is 1.59. The Morgan fingerprint density at radius 1 is 1.25 bits per heavy atom. The van der Waals surface area contributed by atoms with E-state index in [9.17, 15) is 9.59 Å². The molecule has 0 aromatic heterocycles. The van der Waals surface area contributed by atoms with Gasteiger partial charge in [-0.1, -0.05) is 30.3 Å². The summed E-state index contributed by atoms with van der Waals surface area (Å²) in [5.41, 5.74) is 6.66. The van der Waals surface area contributed by atoms with Crippen molar-refractivity contribution in [1.82, 2.24) is 9.80 Å². The Kier molecular flexibility index (Phi) is 5.04. The van der Waals surface area contributed by atoms with Crippen molar-refractivity contribution in [3.05, 3.63) is 35.9 Å². The predicted molar refractivity (Wildman–Crippen MR) is 90.1 cm³/mol. The summed E-state index contributed by atoms with van der Waals surface area (Å²) < 4.78 is 5.51. The SMILES string of the molecule is C[C@H](N)C(=O)N1CCC(N(C(=O)OCc2ccccc2)C2CC2)C1. The highest BCUT2D eigenvalue weighted by molar-refractivity contribution is 5.81. The lowest BCUT2D eigenvalue weighted by Gasteiger charge is -2.28. The minimum atomic E-state index is -0.497. The molecule has 24 heavy (non-hydrogen) atoms. The number of rotatable bonds is 5. The molecule has 1 aliphatic heterocycles. The predicted octanol–water partition coefficient (Wildman–Crippen LogP) is 1.74. The molecule has 3 rings (SSSR count). The number of carbonyl (C=O) groups is 2. The second-order valence-corrected chi connectivity index (χ2v) is 6.69. The van der Waals surface area contributed by atoms with Crippen molar-refractivity contribution in [2.75, 3.05) is 13.1 Å². The van der Waals surface area contributed by atoms with E-state index in [2.05, 4.69) is 0 Å². The molecular formula is C18H25N3O3. The van der Waals surface area contributed by atoms with Crippen LogP contribution in [0.4, 0.5) is 4.79 Å². The molecule has 1 saturated heterocycles. The van der Waals surface area contributed by atoms with Crippen molar-refractivity contribution >= 4 is 12.0 Å². The minimum absolute atomic E-state index is 0.0310. The van der Waals surface area contributed by atoms with Crippen LogP contribution in [0.2, 0.25) is 0 Å². The molecule has 1 aromatic rings. The molecular weight excluding hydrogens is 306 g/mol. The van der Waals surface area contributed by atoms with E-state index in [1.165, 1.54) is 0 Å². The largest absolute Gasteiger partial charge is 0.445 e. The Morgan fingerprint density at radius 3 is 2.58 bits per heavy atom. The molecule has 2 aliphatic rings. The third-order valence-electron chi connectivity index (χ3n) is 4.61. The highest BCUT2D eigenvalue weighted by Crippen LogP contribution is 2.32. The maximum atomic E-state index is 12.6. The summed E-state index contributed by atoms with van der Waals surface area (Å²) in [5, 5.41) is 0. The minimum Gasteiger partial charge on any atom is -0.445 e. The van der Waals surface area contributed by atoms with Crippen LogP contribution in [-0.2, 0) is 16.1 Å². The van der Waals surface area contributed by atoms with Crippen LogP contribution in [0.5, 0.6) is 0 Å². The van der Waals surface area contributed by atoms with Gasteiger partial charge in [-0.25, -0.2) is 4.79 Å². The molecule has 130 valence electrons. The first-order valence-corrected chi connectivity index (χ1v) is 8.59. The molecule has 0 radical (unpaired) electrons. The van der Waals surface area contributed by atoms with Crippen molar-refractivity contribution in [2.45, 2.75) is 50.9 Å². The summed E-state index contributed by atoms with van der Waals surface area (Å²) in [5.74, 6) is -0.0501. The van der Waals surface area contributed by atoms with E-state index >= 15 is 0 Å². The maximum absolute atomic E-state index is 12.6. The molecule has 1 aromatic carbocycles. The number of amides is 2. The van der Waals surface area contributed by atoms with Gasteiger partial charge in [0.15, 0.2) is 0 Å². The van der Waals surface area contributed by atoms with Crippen LogP contribution in [-0.4, -0.2) is 53.0 Å². The van der Waals surface area contributed by atoms with Crippen molar-refractivity contribution in [3.63, 3.8) is 0 Å². The van der Waals surface area contributed by atoms with Gasteiger partial charge in [-0.15, -0.1) is 0 Å². The summed E-state index contributed by atoms with van der Waals surface area (Å²) in [7, 11) is 0. The number of nitrogens with two attached hydrogens (primary N) is 1. The van der Waals surface area contributed by atoms with E-state index in [0.29, 0.717) is 13.1 Å². The Labute approximate surface area is 142 Å². The third-order valence-corrected chi connectivity index (χ3v) is 4.61. The van der Waals surface area contributed by atoms with Crippen molar-refractivity contribution in [1.29, 1.82) is 0 Å². The quantitative estimate of drug-likeness (QED) is 0.891. The zero-order chi connectivity index (χ0) is 17.1. The number of hydrogen-bond donors (Lipinski definition) is 1. The summed E-state index contributed by atoms with van der Waals surface area (Å²) in [6.07, 6.45) is 2.53. The number of ether oxygens (including phenoxy) is 1. The smallest absolute Gasteiger partial charge is 0.410 e. The van der Waals surface area contributed by atoms with E-state index in [0.717, 1.165) is 24.8 Å². The van der Waals surface area contributed by atoms with E-state index in [1.807, 2.05) is 35.2 Å². The van der Waals surface area contributed by atoms with Crippen LogP contribution in [0, 0.1) is 0 Å². The second-order valence-electron chi connectivity index (χ2n) is 6.69. The van der Waals surface area contributed by atoms with Gasteiger partial charge in [-0.05, 0) is 31.7 Å².